The minimum Gasteiger partial charge on any atom is -0.272 e. The van der Waals surface area contributed by atoms with Crippen molar-refractivity contribution < 1.29 is 31.1 Å². The number of unbranched alkanes of at least 4 members (excludes halogenated alkanes) is 2. The number of carbonyl (C=O) groups is 1. The van der Waals surface area contributed by atoms with E-state index in [1.165, 1.54) is 0 Å². The zero-order valence-corrected chi connectivity index (χ0v) is 16.2. The highest BCUT2D eigenvalue weighted by Gasteiger charge is 2.54. The number of alkyl halides is 7. The van der Waals surface area contributed by atoms with Gasteiger partial charge in [-0.25, -0.2) is 10.0 Å². The Morgan fingerprint density at radius 1 is 1.11 bits per heavy atom. The fourth-order valence-corrected chi connectivity index (χ4v) is 3.37. The van der Waals surface area contributed by atoms with Crippen molar-refractivity contribution in [2.75, 3.05) is 23.4 Å². The van der Waals surface area contributed by atoms with Crippen molar-refractivity contribution in [1.82, 2.24) is 5.01 Å². The van der Waals surface area contributed by atoms with Gasteiger partial charge in [0, 0.05) is 18.4 Å². The molecule has 1 atom stereocenters. The van der Waals surface area contributed by atoms with Gasteiger partial charge in [0.1, 0.15) is 5.92 Å². The molecule has 1 heterocycles. The molecular formula is C16H16BrClF6N2O. The Labute approximate surface area is 165 Å². The lowest BCUT2D eigenvalue weighted by atomic mass is 10.1. The van der Waals surface area contributed by atoms with E-state index in [4.69, 9.17) is 11.6 Å². The quantitative estimate of drug-likeness (QED) is 0.297. The van der Waals surface area contributed by atoms with Crippen molar-refractivity contribution in [3.05, 3.63) is 28.8 Å². The first-order valence-corrected chi connectivity index (χ1v) is 9.55. The van der Waals surface area contributed by atoms with Crippen LogP contribution in [0.2, 0.25) is 5.02 Å². The highest BCUT2D eigenvalue weighted by atomic mass is 79.9. The van der Waals surface area contributed by atoms with E-state index >= 15 is 0 Å². The average molecular weight is 482 g/mol. The molecule has 1 aromatic carbocycles. The second kappa shape index (κ2) is 8.57. The van der Waals surface area contributed by atoms with E-state index in [2.05, 4.69) is 15.9 Å². The maximum atomic E-state index is 13.2. The Morgan fingerprint density at radius 2 is 1.78 bits per heavy atom. The summed E-state index contributed by atoms with van der Waals surface area (Å²) in [5.41, 5.74) is -1.49. The van der Waals surface area contributed by atoms with E-state index in [9.17, 15) is 31.1 Å². The molecular weight excluding hydrogens is 466 g/mol. The maximum absolute atomic E-state index is 13.2. The molecule has 1 unspecified atom stereocenters. The lowest BCUT2D eigenvalue weighted by molar-refractivity contribution is -0.175. The monoisotopic (exact) mass is 480 g/mol. The van der Waals surface area contributed by atoms with Crippen LogP contribution in [0.25, 0.3) is 0 Å². The third-order valence-electron chi connectivity index (χ3n) is 4.13. The highest BCUT2D eigenvalue weighted by Crippen LogP contribution is 2.41. The minimum atomic E-state index is -4.80. The van der Waals surface area contributed by atoms with E-state index in [0.717, 1.165) is 22.8 Å². The standard InChI is InChI=1S/C16H16BrClF6N2O/c17-6-2-1-3-7-25-9-11(16(22,23)24)14(27)26(25)13-8-10(15(19,20)21)4-5-12(13)18/h4-5,8,11H,1-3,6-7,9H2. The highest BCUT2D eigenvalue weighted by molar-refractivity contribution is 9.09. The Kier molecular flexibility index (Phi) is 7.07. The first-order chi connectivity index (χ1) is 12.5. The fraction of sp³-hybridized carbons (Fsp3) is 0.562. The summed E-state index contributed by atoms with van der Waals surface area (Å²) in [5.74, 6) is -3.64. The molecule has 27 heavy (non-hydrogen) atoms. The molecule has 0 saturated carbocycles. The van der Waals surface area contributed by atoms with Gasteiger partial charge < -0.3 is 0 Å². The molecule has 152 valence electrons. The first kappa shape index (κ1) is 22.3. The van der Waals surface area contributed by atoms with Crippen molar-refractivity contribution in [3.63, 3.8) is 0 Å². The summed E-state index contributed by atoms with van der Waals surface area (Å²) in [6, 6.07) is 2.25. The molecule has 0 bridgehead atoms. The largest absolute Gasteiger partial charge is 0.416 e. The molecule has 0 aliphatic carbocycles. The lowest BCUT2D eigenvalue weighted by Gasteiger charge is -2.29. The molecule has 1 aromatic rings. The molecule has 3 nitrogen and oxygen atoms in total. The van der Waals surface area contributed by atoms with Gasteiger partial charge in [0.15, 0.2) is 0 Å². The second-order valence-corrected chi connectivity index (χ2v) is 7.27. The van der Waals surface area contributed by atoms with E-state index in [-0.39, 0.29) is 11.6 Å². The molecule has 1 saturated heterocycles. The fourth-order valence-electron chi connectivity index (χ4n) is 2.78. The Morgan fingerprint density at radius 3 is 2.33 bits per heavy atom. The molecule has 1 amide bonds. The number of benzene rings is 1. The van der Waals surface area contributed by atoms with Crippen LogP contribution in [0, 0.1) is 5.92 Å². The van der Waals surface area contributed by atoms with Gasteiger partial charge in [-0.3, -0.25) is 4.79 Å². The van der Waals surface area contributed by atoms with Crippen LogP contribution in [0.15, 0.2) is 18.2 Å². The van der Waals surface area contributed by atoms with Crippen molar-refractivity contribution in [3.8, 4) is 0 Å². The van der Waals surface area contributed by atoms with Crippen molar-refractivity contribution in [2.45, 2.75) is 31.6 Å². The Bertz CT molecular complexity index is 682. The van der Waals surface area contributed by atoms with E-state index in [1.54, 1.807) is 0 Å². The van der Waals surface area contributed by atoms with Crippen LogP contribution in [0.3, 0.4) is 0 Å². The molecule has 0 N–H and O–H groups in total. The number of hydrogen-bond donors (Lipinski definition) is 0. The summed E-state index contributed by atoms with van der Waals surface area (Å²) < 4.78 is 78.5. The summed E-state index contributed by atoms with van der Waals surface area (Å²) in [7, 11) is 0. The van der Waals surface area contributed by atoms with E-state index < -0.39 is 42.0 Å². The number of carbonyl (C=O) groups excluding carboxylic acids is 1. The number of halogens is 8. The van der Waals surface area contributed by atoms with Crippen LogP contribution in [0.4, 0.5) is 32.0 Å². The van der Waals surface area contributed by atoms with Crippen LogP contribution in [-0.2, 0) is 11.0 Å². The molecule has 0 spiro atoms. The predicted octanol–water partition coefficient (Wildman–Crippen LogP) is 5.67. The zero-order valence-electron chi connectivity index (χ0n) is 13.9. The predicted molar refractivity (Wildman–Crippen MR) is 92.7 cm³/mol. The summed E-state index contributed by atoms with van der Waals surface area (Å²) in [4.78, 5) is 12.4. The Balaban J connectivity index is 2.38. The molecule has 1 aliphatic rings. The minimum absolute atomic E-state index is 0.0951. The van der Waals surface area contributed by atoms with Crippen LogP contribution < -0.4 is 5.01 Å². The molecule has 1 aliphatic heterocycles. The zero-order chi connectivity index (χ0) is 20.4. The summed E-state index contributed by atoms with van der Waals surface area (Å²) in [6.07, 6.45) is -7.55. The number of amides is 1. The average Bonchev–Trinajstić information content (AvgIpc) is 2.88. The number of nitrogens with zero attached hydrogens (tertiary/aromatic N) is 2. The number of anilines is 1. The van der Waals surface area contributed by atoms with Gasteiger partial charge in [-0.2, -0.15) is 26.3 Å². The van der Waals surface area contributed by atoms with Crippen LogP contribution >= 0.6 is 27.5 Å². The molecule has 0 aromatic heterocycles. The summed E-state index contributed by atoms with van der Waals surface area (Å²) in [5, 5.41) is 2.25. The van der Waals surface area contributed by atoms with Crippen molar-refractivity contribution in [1.29, 1.82) is 0 Å². The lowest BCUT2D eigenvalue weighted by Crippen LogP contribution is -2.40. The van der Waals surface area contributed by atoms with Crippen LogP contribution in [-0.4, -0.2) is 35.5 Å². The Hall–Kier alpha value is -1.00. The van der Waals surface area contributed by atoms with Crippen LogP contribution in [0.1, 0.15) is 24.8 Å². The van der Waals surface area contributed by atoms with E-state index in [1.807, 2.05) is 0 Å². The van der Waals surface area contributed by atoms with Gasteiger partial charge in [-0.1, -0.05) is 34.0 Å². The van der Waals surface area contributed by atoms with Gasteiger partial charge in [0.2, 0.25) is 0 Å². The number of rotatable bonds is 6. The maximum Gasteiger partial charge on any atom is 0.416 e. The van der Waals surface area contributed by atoms with Gasteiger partial charge in [0.25, 0.3) is 5.91 Å². The third kappa shape index (κ3) is 5.29. The van der Waals surface area contributed by atoms with Gasteiger partial charge in [-0.05, 0) is 31.0 Å². The SMILES string of the molecule is O=C1C(C(F)(F)F)CN(CCCCCBr)N1c1cc(C(F)(F)F)ccc1Cl. The third-order valence-corrected chi connectivity index (χ3v) is 5.01. The summed E-state index contributed by atoms with van der Waals surface area (Å²) in [6.45, 7) is -0.554. The van der Waals surface area contributed by atoms with Gasteiger partial charge in [-0.15, -0.1) is 0 Å². The van der Waals surface area contributed by atoms with Gasteiger partial charge >= 0.3 is 12.4 Å². The molecule has 1 fully saturated rings. The molecule has 2 rings (SSSR count). The smallest absolute Gasteiger partial charge is 0.272 e. The molecule has 11 heteroatoms. The van der Waals surface area contributed by atoms with Crippen LogP contribution in [0.5, 0.6) is 0 Å². The summed E-state index contributed by atoms with van der Waals surface area (Å²) >= 11 is 9.17. The normalized spacial score (nSPS) is 19.2. The molecule has 0 radical (unpaired) electrons. The first-order valence-electron chi connectivity index (χ1n) is 8.05. The van der Waals surface area contributed by atoms with Crippen molar-refractivity contribution >= 4 is 39.1 Å². The second-order valence-electron chi connectivity index (χ2n) is 6.07. The topological polar surface area (TPSA) is 23.6 Å². The van der Waals surface area contributed by atoms with Crippen molar-refractivity contribution in [2.24, 2.45) is 5.92 Å². The van der Waals surface area contributed by atoms with E-state index in [0.29, 0.717) is 30.0 Å². The number of hydrogen-bond acceptors (Lipinski definition) is 2. The van der Waals surface area contributed by atoms with Gasteiger partial charge in [0.05, 0.1) is 16.3 Å². The number of hydrazine groups is 1.